The number of rotatable bonds is 2. The highest BCUT2D eigenvalue weighted by Crippen LogP contribution is 2.27. The average Bonchev–Trinajstić information content (AvgIpc) is 2.16. The van der Waals surface area contributed by atoms with Crippen molar-refractivity contribution in [3.05, 3.63) is 21.3 Å². The Kier molecular flexibility index (Phi) is 3.94. The molecule has 0 aromatic carbocycles. The van der Waals surface area contributed by atoms with Crippen LogP contribution in [0.5, 0.6) is 0 Å². The summed E-state index contributed by atoms with van der Waals surface area (Å²) >= 11 is 1.37. The van der Waals surface area contributed by atoms with Gasteiger partial charge < -0.3 is 4.90 Å². The first-order chi connectivity index (χ1) is 6.65. The first-order valence-electron chi connectivity index (χ1n) is 4.43. The van der Waals surface area contributed by atoms with Gasteiger partial charge >= 0.3 is 0 Å². The van der Waals surface area contributed by atoms with Crippen LogP contribution in [0, 0.1) is 10.1 Å². The van der Waals surface area contributed by atoms with E-state index in [1.54, 1.807) is 6.92 Å². The number of carbonyl (C=O) groups excluding carboxylic acids is 1. The minimum absolute atomic E-state index is 0.0506. The van der Waals surface area contributed by atoms with Gasteiger partial charge in [0.1, 0.15) is 5.03 Å². The number of nitrogens with zero attached hydrogens (tertiary/aromatic N) is 2. The molecule has 0 aromatic heterocycles. The number of carbonyl (C=O) groups is 1. The summed E-state index contributed by atoms with van der Waals surface area (Å²) in [6.07, 6.45) is 2.19. The molecule has 5 nitrogen and oxygen atoms in total. The molecular formula is C8H12N2O3S. The lowest BCUT2D eigenvalue weighted by molar-refractivity contribution is -0.403. The average molecular weight is 216 g/mol. The second-order valence-corrected chi connectivity index (χ2v) is 3.97. The maximum Gasteiger partial charge on any atom is 0.264 e. The number of amides is 1. The molecule has 0 saturated carbocycles. The fraction of sp³-hybridized carbons (Fsp3) is 0.625. The maximum atomic E-state index is 11.4. The summed E-state index contributed by atoms with van der Waals surface area (Å²) in [5, 5.41) is 10.8. The Labute approximate surface area is 86.3 Å². The van der Waals surface area contributed by atoms with Crippen LogP contribution in [0.3, 0.4) is 0 Å². The van der Waals surface area contributed by atoms with Gasteiger partial charge in [0, 0.05) is 18.7 Å². The Morgan fingerprint density at radius 2 is 2.50 bits per heavy atom. The van der Waals surface area contributed by atoms with Crippen molar-refractivity contribution >= 4 is 17.7 Å². The van der Waals surface area contributed by atoms with E-state index in [-0.39, 0.29) is 5.91 Å². The van der Waals surface area contributed by atoms with Gasteiger partial charge in [-0.25, -0.2) is 0 Å². The van der Waals surface area contributed by atoms with E-state index in [0.717, 1.165) is 18.4 Å². The summed E-state index contributed by atoms with van der Waals surface area (Å²) in [6.45, 7) is 2.35. The first-order valence-corrected chi connectivity index (χ1v) is 5.42. The van der Waals surface area contributed by atoms with Gasteiger partial charge in [-0.1, -0.05) is 6.92 Å². The zero-order chi connectivity index (χ0) is 10.6. The summed E-state index contributed by atoms with van der Waals surface area (Å²) in [4.78, 5) is 22.7. The van der Waals surface area contributed by atoms with Gasteiger partial charge in [-0.2, -0.15) is 0 Å². The summed E-state index contributed by atoms with van der Waals surface area (Å²) in [6, 6.07) is 0. The van der Waals surface area contributed by atoms with Crippen LogP contribution in [0.1, 0.15) is 19.8 Å². The van der Waals surface area contributed by atoms with Gasteiger partial charge in [-0.3, -0.25) is 14.9 Å². The van der Waals surface area contributed by atoms with Crippen LogP contribution in [0.4, 0.5) is 0 Å². The molecule has 0 N–H and O–H groups in total. The largest absolute Gasteiger partial charge is 0.302 e. The molecule has 1 aliphatic heterocycles. The summed E-state index contributed by atoms with van der Waals surface area (Å²) in [5.74, 6) is 0.790. The predicted molar refractivity (Wildman–Crippen MR) is 54.2 cm³/mol. The van der Waals surface area contributed by atoms with Gasteiger partial charge in [-0.05, 0) is 6.42 Å². The van der Waals surface area contributed by atoms with Crippen LogP contribution in [-0.2, 0) is 4.79 Å². The van der Waals surface area contributed by atoms with Gasteiger partial charge in [0.15, 0.2) is 0 Å². The van der Waals surface area contributed by atoms with E-state index in [4.69, 9.17) is 0 Å². The highest BCUT2D eigenvalue weighted by Gasteiger charge is 2.23. The molecule has 1 amide bonds. The number of thioether (sulfide) groups is 1. The lowest BCUT2D eigenvalue weighted by Gasteiger charge is -2.26. The van der Waals surface area contributed by atoms with E-state index in [9.17, 15) is 14.9 Å². The van der Waals surface area contributed by atoms with Crippen LogP contribution in [0.2, 0.25) is 0 Å². The molecule has 1 saturated heterocycles. The monoisotopic (exact) mass is 216 g/mol. The minimum atomic E-state index is -0.510. The zero-order valence-electron chi connectivity index (χ0n) is 7.93. The molecule has 0 spiro atoms. The smallest absolute Gasteiger partial charge is 0.264 e. The van der Waals surface area contributed by atoms with Gasteiger partial charge in [0.2, 0.25) is 5.91 Å². The summed E-state index contributed by atoms with van der Waals surface area (Å²) in [7, 11) is 0. The maximum absolute atomic E-state index is 11.4. The Hall–Kier alpha value is -1.04. The van der Waals surface area contributed by atoms with Crippen molar-refractivity contribution in [2.45, 2.75) is 19.8 Å². The molecule has 1 fully saturated rings. The SMILES string of the molecule is CCC(=O)N1CCCSC1=C[N+](=O)[O-]. The standard InChI is InChI=1S/C8H12N2O3S/c1-2-7(11)9-4-3-5-14-8(9)6-10(12)13/h6H,2-5H2,1H3. The summed E-state index contributed by atoms with van der Waals surface area (Å²) in [5.41, 5.74) is 0. The molecule has 0 unspecified atom stereocenters. The lowest BCUT2D eigenvalue weighted by atomic mass is 10.3. The van der Waals surface area contributed by atoms with Crippen LogP contribution in [0.25, 0.3) is 0 Å². The molecular weight excluding hydrogens is 204 g/mol. The third-order valence-electron chi connectivity index (χ3n) is 1.86. The first kappa shape index (κ1) is 11.0. The van der Waals surface area contributed by atoms with Crippen molar-refractivity contribution in [1.82, 2.24) is 4.90 Å². The van der Waals surface area contributed by atoms with Crippen molar-refractivity contribution < 1.29 is 9.72 Å². The van der Waals surface area contributed by atoms with E-state index in [1.807, 2.05) is 0 Å². The van der Waals surface area contributed by atoms with E-state index < -0.39 is 4.92 Å². The molecule has 0 aliphatic carbocycles. The molecule has 1 aliphatic rings. The van der Waals surface area contributed by atoms with Crippen molar-refractivity contribution in [3.8, 4) is 0 Å². The molecule has 6 heteroatoms. The predicted octanol–water partition coefficient (Wildman–Crippen LogP) is 1.44. The lowest BCUT2D eigenvalue weighted by Crippen LogP contribution is -2.33. The van der Waals surface area contributed by atoms with Gasteiger partial charge in [-0.15, -0.1) is 11.8 Å². The third-order valence-corrected chi connectivity index (χ3v) is 2.98. The van der Waals surface area contributed by atoms with Crippen LogP contribution in [-0.4, -0.2) is 28.0 Å². The van der Waals surface area contributed by atoms with Crippen molar-refractivity contribution in [3.63, 3.8) is 0 Å². The quantitative estimate of drug-likeness (QED) is 0.517. The van der Waals surface area contributed by atoms with E-state index in [1.165, 1.54) is 16.7 Å². The molecule has 0 atom stereocenters. The highest BCUT2D eigenvalue weighted by molar-refractivity contribution is 8.03. The Morgan fingerprint density at radius 3 is 3.07 bits per heavy atom. The molecule has 78 valence electrons. The normalized spacial score (nSPS) is 19.8. The molecule has 1 heterocycles. The second-order valence-electron chi connectivity index (χ2n) is 2.85. The minimum Gasteiger partial charge on any atom is -0.302 e. The summed E-state index contributed by atoms with van der Waals surface area (Å²) < 4.78 is 0. The van der Waals surface area contributed by atoms with E-state index in [0.29, 0.717) is 18.0 Å². The van der Waals surface area contributed by atoms with Gasteiger partial charge in [0.05, 0.1) is 4.92 Å². The van der Waals surface area contributed by atoms with E-state index in [2.05, 4.69) is 0 Å². The van der Waals surface area contributed by atoms with Crippen LogP contribution < -0.4 is 0 Å². The number of nitro groups is 1. The second kappa shape index (κ2) is 4.99. The fourth-order valence-corrected chi connectivity index (χ4v) is 2.22. The van der Waals surface area contributed by atoms with Gasteiger partial charge in [0.25, 0.3) is 6.20 Å². The number of hydrogen-bond acceptors (Lipinski definition) is 4. The Morgan fingerprint density at radius 1 is 1.79 bits per heavy atom. The highest BCUT2D eigenvalue weighted by atomic mass is 32.2. The molecule has 14 heavy (non-hydrogen) atoms. The topological polar surface area (TPSA) is 63.5 Å². The van der Waals surface area contributed by atoms with Crippen molar-refractivity contribution in [2.75, 3.05) is 12.3 Å². The number of hydrogen-bond donors (Lipinski definition) is 0. The van der Waals surface area contributed by atoms with Crippen LogP contribution in [0.15, 0.2) is 11.2 Å². The van der Waals surface area contributed by atoms with E-state index >= 15 is 0 Å². The van der Waals surface area contributed by atoms with Crippen molar-refractivity contribution in [1.29, 1.82) is 0 Å². The Balaban J connectivity index is 2.78. The zero-order valence-corrected chi connectivity index (χ0v) is 8.75. The molecule has 0 aromatic rings. The third kappa shape index (κ3) is 2.73. The fourth-order valence-electron chi connectivity index (χ4n) is 1.22. The Bertz CT molecular complexity index is 278. The molecule has 0 radical (unpaired) electrons. The molecule has 0 bridgehead atoms. The van der Waals surface area contributed by atoms with Crippen molar-refractivity contribution in [2.24, 2.45) is 0 Å². The molecule has 1 rings (SSSR count). The van der Waals surface area contributed by atoms with Crippen LogP contribution >= 0.6 is 11.8 Å².